The Morgan fingerprint density at radius 1 is 1.38 bits per heavy atom. The fourth-order valence-corrected chi connectivity index (χ4v) is 1.90. The fraction of sp³-hybridized carbons (Fsp3) is 0.400. The highest BCUT2D eigenvalue weighted by Crippen LogP contribution is 2.24. The Balaban J connectivity index is 2.12. The molecule has 1 aromatic carbocycles. The van der Waals surface area contributed by atoms with Gasteiger partial charge in [0.15, 0.2) is 12.1 Å². The molecule has 0 aliphatic carbocycles. The molecule has 0 unspecified atom stereocenters. The molecule has 0 bridgehead atoms. The highest BCUT2D eigenvalue weighted by molar-refractivity contribution is 5.79. The summed E-state index contributed by atoms with van der Waals surface area (Å²) >= 11 is 0. The van der Waals surface area contributed by atoms with Gasteiger partial charge in [0.2, 0.25) is 0 Å². The van der Waals surface area contributed by atoms with Crippen LogP contribution in [0.5, 0.6) is 11.5 Å². The topological polar surface area (TPSA) is 66.2 Å². The maximum Gasteiger partial charge on any atom is 0.164 e. The summed E-state index contributed by atoms with van der Waals surface area (Å²) in [6.07, 6.45) is 2.26. The minimum absolute atomic E-state index is 0.251. The molecule has 1 aromatic heterocycles. The van der Waals surface area contributed by atoms with E-state index in [4.69, 9.17) is 9.47 Å². The number of ether oxygens (including phenoxy) is 2. The van der Waals surface area contributed by atoms with Gasteiger partial charge in [-0.05, 0) is 18.1 Å². The van der Waals surface area contributed by atoms with Crippen LogP contribution in [0.2, 0.25) is 0 Å². The zero-order valence-electron chi connectivity index (χ0n) is 12.4. The second-order valence-corrected chi connectivity index (χ2v) is 5.06. The van der Waals surface area contributed by atoms with Gasteiger partial charge in [0.05, 0.1) is 12.7 Å². The van der Waals surface area contributed by atoms with Gasteiger partial charge < -0.3 is 9.47 Å². The summed E-state index contributed by atoms with van der Waals surface area (Å²) < 4.78 is 12.7. The Kier molecular flexibility index (Phi) is 4.92. The van der Waals surface area contributed by atoms with Crippen LogP contribution in [0.1, 0.15) is 30.0 Å². The molecule has 1 heterocycles. The average molecular weight is 289 g/mol. The van der Waals surface area contributed by atoms with E-state index in [-0.39, 0.29) is 6.61 Å². The number of aromatic nitrogens is 3. The summed E-state index contributed by atoms with van der Waals surface area (Å²) in [5.41, 5.74) is 0.478. The van der Waals surface area contributed by atoms with Crippen molar-refractivity contribution in [2.24, 2.45) is 5.92 Å². The first-order valence-corrected chi connectivity index (χ1v) is 6.76. The fourth-order valence-electron chi connectivity index (χ4n) is 1.90. The van der Waals surface area contributed by atoms with Crippen LogP contribution >= 0.6 is 0 Å². The Hall–Kier alpha value is -2.37. The largest absolute Gasteiger partial charge is 0.497 e. The summed E-state index contributed by atoms with van der Waals surface area (Å²) in [4.78, 5) is 15.2. The van der Waals surface area contributed by atoms with Crippen molar-refractivity contribution in [2.75, 3.05) is 7.11 Å². The van der Waals surface area contributed by atoms with E-state index in [2.05, 4.69) is 23.9 Å². The quantitative estimate of drug-likeness (QED) is 0.732. The third-order valence-electron chi connectivity index (χ3n) is 2.94. The van der Waals surface area contributed by atoms with Crippen molar-refractivity contribution in [2.45, 2.75) is 27.0 Å². The zero-order chi connectivity index (χ0) is 15.2. The smallest absolute Gasteiger partial charge is 0.164 e. The molecule has 0 aliphatic heterocycles. The van der Waals surface area contributed by atoms with Crippen LogP contribution in [0.15, 0.2) is 24.5 Å². The van der Waals surface area contributed by atoms with E-state index in [0.29, 0.717) is 23.0 Å². The Morgan fingerprint density at radius 3 is 2.86 bits per heavy atom. The van der Waals surface area contributed by atoms with Gasteiger partial charge in [0.25, 0.3) is 0 Å². The number of aldehydes is 1. The van der Waals surface area contributed by atoms with Crippen molar-refractivity contribution in [3.8, 4) is 11.5 Å². The van der Waals surface area contributed by atoms with Crippen LogP contribution < -0.4 is 9.47 Å². The van der Waals surface area contributed by atoms with Crippen LogP contribution in [0, 0.1) is 5.92 Å². The zero-order valence-corrected chi connectivity index (χ0v) is 12.4. The van der Waals surface area contributed by atoms with Crippen LogP contribution in [0.3, 0.4) is 0 Å². The van der Waals surface area contributed by atoms with Crippen LogP contribution in [0.4, 0.5) is 0 Å². The third kappa shape index (κ3) is 3.81. The second kappa shape index (κ2) is 6.88. The lowest BCUT2D eigenvalue weighted by Gasteiger charge is -2.11. The van der Waals surface area contributed by atoms with Crippen molar-refractivity contribution in [1.82, 2.24) is 14.8 Å². The SMILES string of the molecule is COc1ccc(C=O)c(OCc2ncnn2CC(C)C)c1. The lowest BCUT2D eigenvalue weighted by Crippen LogP contribution is -2.12. The first kappa shape index (κ1) is 15.0. The van der Waals surface area contributed by atoms with Gasteiger partial charge in [0, 0.05) is 12.6 Å². The maximum absolute atomic E-state index is 11.0. The number of rotatable bonds is 7. The van der Waals surface area contributed by atoms with Gasteiger partial charge >= 0.3 is 0 Å². The highest BCUT2D eigenvalue weighted by Gasteiger charge is 2.10. The van der Waals surface area contributed by atoms with Gasteiger partial charge in [-0.15, -0.1) is 0 Å². The van der Waals surface area contributed by atoms with Gasteiger partial charge in [-0.25, -0.2) is 9.67 Å². The van der Waals surface area contributed by atoms with E-state index in [9.17, 15) is 4.79 Å². The van der Waals surface area contributed by atoms with Gasteiger partial charge in [0.1, 0.15) is 24.4 Å². The highest BCUT2D eigenvalue weighted by atomic mass is 16.5. The Morgan fingerprint density at radius 2 is 2.19 bits per heavy atom. The van der Waals surface area contributed by atoms with Crippen molar-refractivity contribution in [3.05, 3.63) is 35.9 Å². The third-order valence-corrected chi connectivity index (χ3v) is 2.94. The maximum atomic E-state index is 11.0. The first-order chi connectivity index (χ1) is 10.1. The van der Waals surface area contributed by atoms with E-state index in [1.54, 1.807) is 25.3 Å². The van der Waals surface area contributed by atoms with E-state index < -0.39 is 0 Å². The Bertz CT molecular complexity index is 608. The molecule has 2 rings (SSSR count). The van der Waals surface area contributed by atoms with Gasteiger partial charge in [-0.3, -0.25) is 4.79 Å². The van der Waals surface area contributed by atoms with Crippen LogP contribution in [-0.2, 0) is 13.2 Å². The van der Waals surface area contributed by atoms with E-state index >= 15 is 0 Å². The molecule has 112 valence electrons. The Labute approximate surface area is 123 Å². The van der Waals surface area contributed by atoms with Gasteiger partial charge in [-0.1, -0.05) is 13.8 Å². The molecule has 0 spiro atoms. The van der Waals surface area contributed by atoms with Crippen molar-refractivity contribution in [1.29, 1.82) is 0 Å². The molecule has 0 atom stereocenters. The number of nitrogens with zero attached hydrogens (tertiary/aromatic N) is 3. The number of hydrogen-bond donors (Lipinski definition) is 0. The van der Waals surface area contributed by atoms with Crippen molar-refractivity contribution >= 4 is 6.29 Å². The summed E-state index contributed by atoms with van der Waals surface area (Å²) in [6.45, 7) is 5.25. The molecule has 0 aliphatic rings. The molecule has 0 radical (unpaired) electrons. The van der Waals surface area contributed by atoms with Crippen molar-refractivity contribution in [3.63, 3.8) is 0 Å². The van der Waals surface area contributed by atoms with E-state index in [1.807, 2.05) is 4.68 Å². The molecule has 6 nitrogen and oxygen atoms in total. The predicted molar refractivity (Wildman–Crippen MR) is 77.6 cm³/mol. The monoisotopic (exact) mass is 289 g/mol. The summed E-state index contributed by atoms with van der Waals surface area (Å²) in [5, 5.41) is 4.18. The average Bonchev–Trinajstić information content (AvgIpc) is 2.91. The normalized spacial score (nSPS) is 10.7. The standard InChI is InChI=1S/C15H19N3O3/c1-11(2)7-18-15(16-10-17-18)9-21-14-6-13(20-3)5-4-12(14)8-19/h4-6,8,10-11H,7,9H2,1-3H3. The molecule has 0 fully saturated rings. The summed E-state index contributed by atoms with van der Waals surface area (Å²) in [5.74, 6) is 2.30. The molecule has 2 aromatic rings. The number of benzene rings is 1. The molecular formula is C15H19N3O3. The molecule has 0 saturated heterocycles. The summed E-state index contributed by atoms with van der Waals surface area (Å²) in [7, 11) is 1.57. The van der Waals surface area contributed by atoms with Crippen LogP contribution in [-0.4, -0.2) is 28.2 Å². The number of hydrogen-bond acceptors (Lipinski definition) is 5. The number of carbonyl (C=O) groups excluding carboxylic acids is 1. The molecule has 0 N–H and O–H groups in total. The minimum atomic E-state index is 0.251. The minimum Gasteiger partial charge on any atom is -0.497 e. The van der Waals surface area contributed by atoms with E-state index in [1.165, 1.54) is 6.33 Å². The molecule has 21 heavy (non-hydrogen) atoms. The summed E-state index contributed by atoms with van der Waals surface area (Å²) in [6, 6.07) is 5.07. The predicted octanol–water partition coefficient (Wildman–Crippen LogP) is 2.33. The number of carbonyl (C=O) groups is 1. The second-order valence-electron chi connectivity index (χ2n) is 5.06. The molecule has 0 amide bonds. The van der Waals surface area contributed by atoms with E-state index in [0.717, 1.165) is 18.7 Å². The van der Waals surface area contributed by atoms with Crippen LogP contribution in [0.25, 0.3) is 0 Å². The molecule has 6 heteroatoms. The molecular weight excluding hydrogens is 270 g/mol. The lowest BCUT2D eigenvalue weighted by molar-refractivity contribution is 0.111. The first-order valence-electron chi connectivity index (χ1n) is 6.76. The molecule has 0 saturated carbocycles. The van der Waals surface area contributed by atoms with Gasteiger partial charge in [-0.2, -0.15) is 5.10 Å². The number of methoxy groups -OCH3 is 1. The lowest BCUT2D eigenvalue weighted by atomic mass is 10.2. The van der Waals surface area contributed by atoms with Crippen molar-refractivity contribution < 1.29 is 14.3 Å².